The van der Waals surface area contributed by atoms with Crippen molar-refractivity contribution in [2.75, 3.05) is 20.2 Å². The lowest BCUT2D eigenvalue weighted by Crippen LogP contribution is -2.40. The zero-order valence-electron chi connectivity index (χ0n) is 15.6. The summed E-state index contributed by atoms with van der Waals surface area (Å²) in [4.78, 5) is 2.31. The Bertz CT molecular complexity index is 487. The van der Waals surface area contributed by atoms with Gasteiger partial charge in [0.1, 0.15) is 18.5 Å². The Kier molecular flexibility index (Phi) is 9.11. The molecule has 24 heavy (non-hydrogen) atoms. The fourth-order valence-electron chi connectivity index (χ4n) is 3.63. The number of ether oxygens (including phenoxy) is 1. The smallest absolute Gasteiger partial charge is 0.119 e. The standard InChI is InChI=1S/C20H33NO2.ClH/c1-15(2)20-11-10-19(12-16(20)3)23-14-18(22)13-21(4)17-8-6-5-7-9-17;/h10-12,15,17-18,22H,5-9,13-14H2,1-4H3;1H. The Hall–Kier alpha value is -0.770. The van der Waals surface area contributed by atoms with Gasteiger partial charge >= 0.3 is 0 Å². The normalized spacial score (nSPS) is 17.0. The molecule has 0 bridgehead atoms. The molecule has 1 unspecified atom stereocenters. The minimum atomic E-state index is -0.438. The number of likely N-dealkylation sites (N-methyl/N-ethyl adjacent to an activating group) is 1. The summed E-state index contributed by atoms with van der Waals surface area (Å²) >= 11 is 0. The minimum Gasteiger partial charge on any atom is -0.491 e. The molecule has 1 aliphatic rings. The van der Waals surface area contributed by atoms with E-state index in [0.717, 1.165) is 5.75 Å². The van der Waals surface area contributed by atoms with E-state index in [2.05, 4.69) is 44.9 Å². The van der Waals surface area contributed by atoms with Gasteiger partial charge in [0, 0.05) is 12.6 Å². The Balaban J connectivity index is 0.00000288. The third kappa shape index (κ3) is 6.27. The fraction of sp³-hybridized carbons (Fsp3) is 0.700. The van der Waals surface area contributed by atoms with Gasteiger partial charge in [-0.1, -0.05) is 39.2 Å². The predicted octanol–water partition coefficient (Wildman–Crippen LogP) is 4.54. The SMILES string of the molecule is Cc1cc(OCC(O)CN(C)C2CCCCC2)ccc1C(C)C.Cl. The number of aliphatic hydroxyl groups is 1. The molecule has 4 heteroatoms. The van der Waals surface area contributed by atoms with Crippen LogP contribution in [0.4, 0.5) is 0 Å². The van der Waals surface area contributed by atoms with Crippen LogP contribution in [0.25, 0.3) is 0 Å². The summed E-state index contributed by atoms with van der Waals surface area (Å²) in [7, 11) is 2.13. The van der Waals surface area contributed by atoms with Gasteiger partial charge in [-0.15, -0.1) is 12.4 Å². The Morgan fingerprint density at radius 1 is 1.21 bits per heavy atom. The van der Waals surface area contributed by atoms with Crippen molar-refractivity contribution in [2.45, 2.75) is 70.9 Å². The molecule has 0 heterocycles. The molecule has 1 atom stereocenters. The monoisotopic (exact) mass is 355 g/mol. The van der Waals surface area contributed by atoms with Crippen LogP contribution in [0.5, 0.6) is 5.75 Å². The first-order valence-corrected chi connectivity index (χ1v) is 9.09. The molecule has 0 amide bonds. The first-order chi connectivity index (χ1) is 11.0. The van der Waals surface area contributed by atoms with Crippen LogP contribution >= 0.6 is 12.4 Å². The Labute approximate surface area is 153 Å². The molecule has 0 aliphatic heterocycles. The van der Waals surface area contributed by atoms with Crippen molar-refractivity contribution < 1.29 is 9.84 Å². The summed E-state index contributed by atoms with van der Waals surface area (Å²) in [6.45, 7) is 7.57. The average Bonchev–Trinajstić information content (AvgIpc) is 2.53. The van der Waals surface area contributed by atoms with Crippen LogP contribution in [0.15, 0.2) is 18.2 Å². The number of hydrogen-bond acceptors (Lipinski definition) is 3. The number of nitrogens with zero attached hydrogens (tertiary/aromatic N) is 1. The van der Waals surface area contributed by atoms with Crippen LogP contribution in [0.2, 0.25) is 0 Å². The maximum atomic E-state index is 10.3. The lowest BCUT2D eigenvalue weighted by Gasteiger charge is -2.32. The molecule has 3 nitrogen and oxygen atoms in total. The largest absolute Gasteiger partial charge is 0.491 e. The van der Waals surface area contributed by atoms with Crippen LogP contribution in [-0.4, -0.2) is 42.4 Å². The van der Waals surface area contributed by atoms with Crippen molar-refractivity contribution in [3.8, 4) is 5.75 Å². The van der Waals surface area contributed by atoms with Crippen molar-refractivity contribution >= 4 is 12.4 Å². The van der Waals surface area contributed by atoms with Gasteiger partial charge < -0.3 is 14.7 Å². The van der Waals surface area contributed by atoms with E-state index in [-0.39, 0.29) is 12.4 Å². The number of rotatable bonds is 7. The first-order valence-electron chi connectivity index (χ1n) is 9.09. The van der Waals surface area contributed by atoms with Crippen molar-refractivity contribution in [1.29, 1.82) is 0 Å². The number of aryl methyl sites for hydroxylation is 1. The highest BCUT2D eigenvalue weighted by Gasteiger charge is 2.20. The van der Waals surface area contributed by atoms with Crippen molar-refractivity contribution in [3.63, 3.8) is 0 Å². The quantitative estimate of drug-likeness (QED) is 0.779. The third-order valence-corrected chi connectivity index (χ3v) is 5.00. The molecular formula is C20H34ClNO2. The van der Waals surface area contributed by atoms with E-state index >= 15 is 0 Å². The molecule has 0 aromatic heterocycles. The Morgan fingerprint density at radius 3 is 2.46 bits per heavy atom. The highest BCUT2D eigenvalue weighted by Crippen LogP contribution is 2.24. The topological polar surface area (TPSA) is 32.7 Å². The summed E-state index contributed by atoms with van der Waals surface area (Å²) in [6, 6.07) is 6.86. The molecule has 1 aromatic rings. The summed E-state index contributed by atoms with van der Waals surface area (Å²) < 4.78 is 5.79. The van der Waals surface area contributed by atoms with Crippen LogP contribution in [-0.2, 0) is 0 Å². The lowest BCUT2D eigenvalue weighted by molar-refractivity contribution is 0.0561. The molecule has 1 fully saturated rings. The third-order valence-electron chi connectivity index (χ3n) is 5.00. The molecule has 1 saturated carbocycles. The molecule has 0 radical (unpaired) electrons. The van der Waals surface area contributed by atoms with E-state index in [0.29, 0.717) is 25.1 Å². The van der Waals surface area contributed by atoms with Crippen molar-refractivity contribution in [3.05, 3.63) is 29.3 Å². The number of aliphatic hydroxyl groups excluding tert-OH is 1. The van der Waals surface area contributed by atoms with Gasteiger partial charge in [0.15, 0.2) is 0 Å². The highest BCUT2D eigenvalue weighted by molar-refractivity contribution is 5.85. The average molecular weight is 356 g/mol. The van der Waals surface area contributed by atoms with Crippen molar-refractivity contribution in [1.82, 2.24) is 4.90 Å². The fourth-order valence-corrected chi connectivity index (χ4v) is 3.63. The maximum Gasteiger partial charge on any atom is 0.119 e. The zero-order valence-corrected chi connectivity index (χ0v) is 16.4. The first kappa shape index (κ1) is 21.3. The molecular weight excluding hydrogens is 322 g/mol. The zero-order chi connectivity index (χ0) is 16.8. The number of halogens is 1. The van der Waals surface area contributed by atoms with Crippen LogP contribution < -0.4 is 4.74 Å². The molecule has 138 valence electrons. The molecule has 0 spiro atoms. The lowest BCUT2D eigenvalue weighted by atomic mass is 9.94. The van der Waals surface area contributed by atoms with Gasteiger partial charge in [0.2, 0.25) is 0 Å². The number of benzene rings is 1. The second-order valence-electron chi connectivity index (χ2n) is 7.37. The van der Waals surface area contributed by atoms with Gasteiger partial charge in [0.05, 0.1) is 0 Å². The predicted molar refractivity (Wildman–Crippen MR) is 104 cm³/mol. The van der Waals surface area contributed by atoms with Gasteiger partial charge in [-0.2, -0.15) is 0 Å². The van der Waals surface area contributed by atoms with Gasteiger partial charge in [0.25, 0.3) is 0 Å². The summed E-state index contributed by atoms with van der Waals surface area (Å²) in [5.41, 5.74) is 2.61. The molecule has 1 aliphatic carbocycles. The molecule has 1 N–H and O–H groups in total. The van der Waals surface area contributed by atoms with E-state index in [4.69, 9.17) is 4.74 Å². The van der Waals surface area contributed by atoms with Crippen molar-refractivity contribution in [2.24, 2.45) is 0 Å². The van der Waals surface area contributed by atoms with Crippen LogP contribution in [0.3, 0.4) is 0 Å². The van der Waals surface area contributed by atoms with E-state index in [1.54, 1.807) is 0 Å². The Morgan fingerprint density at radius 2 is 1.88 bits per heavy atom. The highest BCUT2D eigenvalue weighted by atomic mass is 35.5. The second kappa shape index (κ2) is 10.3. The van der Waals surface area contributed by atoms with Gasteiger partial charge in [-0.3, -0.25) is 0 Å². The second-order valence-corrected chi connectivity index (χ2v) is 7.37. The van der Waals surface area contributed by atoms with E-state index in [1.807, 2.05) is 6.07 Å². The molecule has 1 aromatic carbocycles. The van der Waals surface area contributed by atoms with E-state index < -0.39 is 6.10 Å². The summed E-state index contributed by atoms with van der Waals surface area (Å²) in [5, 5.41) is 10.3. The van der Waals surface area contributed by atoms with Crippen LogP contribution in [0, 0.1) is 6.92 Å². The van der Waals surface area contributed by atoms with Crippen LogP contribution in [0.1, 0.15) is 63.0 Å². The minimum absolute atomic E-state index is 0. The summed E-state index contributed by atoms with van der Waals surface area (Å²) in [5.74, 6) is 1.38. The van der Waals surface area contributed by atoms with E-state index in [1.165, 1.54) is 43.2 Å². The van der Waals surface area contributed by atoms with Gasteiger partial charge in [-0.05, 0) is 56.0 Å². The van der Waals surface area contributed by atoms with Gasteiger partial charge in [-0.25, -0.2) is 0 Å². The maximum absolute atomic E-state index is 10.3. The molecule has 0 saturated heterocycles. The molecule has 2 rings (SSSR count). The summed E-state index contributed by atoms with van der Waals surface area (Å²) in [6.07, 6.45) is 6.10. The number of hydrogen-bond donors (Lipinski definition) is 1. The van der Waals surface area contributed by atoms with E-state index in [9.17, 15) is 5.11 Å².